The number of halogens is 1. The monoisotopic (exact) mass is 253 g/mol. The van der Waals surface area contributed by atoms with Crippen LogP contribution in [0.15, 0.2) is 24.3 Å². The first-order valence-electron chi connectivity index (χ1n) is 5.78. The van der Waals surface area contributed by atoms with E-state index in [1.165, 1.54) is 18.2 Å². The van der Waals surface area contributed by atoms with Gasteiger partial charge in [-0.15, -0.1) is 0 Å². The van der Waals surface area contributed by atoms with Crippen LogP contribution in [0.4, 0.5) is 4.39 Å². The zero-order valence-electron chi connectivity index (χ0n) is 10.1. The first kappa shape index (κ1) is 14.2. The van der Waals surface area contributed by atoms with Gasteiger partial charge in [-0.2, -0.15) is 0 Å². The van der Waals surface area contributed by atoms with E-state index in [1.54, 1.807) is 0 Å². The molecule has 18 heavy (non-hydrogen) atoms. The van der Waals surface area contributed by atoms with E-state index >= 15 is 0 Å². The molecule has 0 aromatic heterocycles. The predicted octanol–water partition coefficient (Wildman–Crippen LogP) is 2.06. The van der Waals surface area contributed by atoms with Crippen molar-refractivity contribution in [1.29, 1.82) is 0 Å². The molecule has 0 aliphatic heterocycles. The Labute approximate surface area is 105 Å². The van der Waals surface area contributed by atoms with Crippen LogP contribution in [0.25, 0.3) is 0 Å². The summed E-state index contributed by atoms with van der Waals surface area (Å²) in [4.78, 5) is 22.2. The minimum absolute atomic E-state index is 0.0138. The average molecular weight is 253 g/mol. The molecule has 0 bridgehead atoms. The van der Waals surface area contributed by atoms with Crippen LogP contribution in [0, 0.1) is 11.7 Å². The third-order valence-electron chi connectivity index (χ3n) is 2.68. The van der Waals surface area contributed by atoms with Gasteiger partial charge in [0.05, 0.1) is 0 Å². The molecule has 2 N–H and O–H groups in total. The number of benzene rings is 1. The van der Waals surface area contributed by atoms with Gasteiger partial charge < -0.3 is 10.4 Å². The minimum Gasteiger partial charge on any atom is -0.481 e. The van der Waals surface area contributed by atoms with Crippen molar-refractivity contribution in [2.24, 2.45) is 5.92 Å². The molecule has 98 valence electrons. The van der Waals surface area contributed by atoms with Gasteiger partial charge in [0.15, 0.2) is 0 Å². The highest BCUT2D eigenvalue weighted by Gasteiger charge is 2.13. The molecule has 4 nitrogen and oxygen atoms in total. The SMILES string of the molecule is CCC(CNC(=O)c1cccc(F)c1)CC(=O)O. The van der Waals surface area contributed by atoms with Gasteiger partial charge in [-0.1, -0.05) is 19.4 Å². The summed E-state index contributed by atoms with van der Waals surface area (Å²) in [6, 6.07) is 5.37. The van der Waals surface area contributed by atoms with Gasteiger partial charge in [0.25, 0.3) is 5.91 Å². The van der Waals surface area contributed by atoms with E-state index in [4.69, 9.17) is 5.11 Å². The van der Waals surface area contributed by atoms with Crippen LogP contribution in [0.2, 0.25) is 0 Å². The van der Waals surface area contributed by atoms with Gasteiger partial charge in [-0.3, -0.25) is 9.59 Å². The zero-order valence-corrected chi connectivity index (χ0v) is 10.1. The molecular formula is C13H16FNO3. The molecule has 5 heteroatoms. The topological polar surface area (TPSA) is 66.4 Å². The third-order valence-corrected chi connectivity index (χ3v) is 2.68. The first-order valence-corrected chi connectivity index (χ1v) is 5.78. The maximum Gasteiger partial charge on any atom is 0.303 e. The molecule has 0 heterocycles. The van der Waals surface area contributed by atoms with E-state index in [2.05, 4.69) is 5.32 Å². The zero-order chi connectivity index (χ0) is 13.5. The van der Waals surface area contributed by atoms with E-state index < -0.39 is 17.7 Å². The van der Waals surface area contributed by atoms with Crippen molar-refractivity contribution < 1.29 is 19.1 Å². The lowest BCUT2D eigenvalue weighted by Gasteiger charge is -2.13. The summed E-state index contributed by atoms with van der Waals surface area (Å²) in [7, 11) is 0. The van der Waals surface area contributed by atoms with Crippen LogP contribution in [0.3, 0.4) is 0 Å². The molecule has 0 aliphatic carbocycles. The van der Waals surface area contributed by atoms with Crippen molar-refractivity contribution in [3.05, 3.63) is 35.6 Å². The second-order valence-electron chi connectivity index (χ2n) is 4.09. The Bertz CT molecular complexity index is 434. The fourth-order valence-corrected chi connectivity index (χ4v) is 1.58. The number of carbonyl (C=O) groups is 2. The Morgan fingerprint density at radius 3 is 2.72 bits per heavy atom. The number of carboxylic acids is 1. The van der Waals surface area contributed by atoms with Crippen molar-refractivity contribution in [2.75, 3.05) is 6.54 Å². The molecule has 0 radical (unpaired) electrons. The van der Waals surface area contributed by atoms with Crippen molar-refractivity contribution in [1.82, 2.24) is 5.32 Å². The van der Waals surface area contributed by atoms with Gasteiger partial charge in [0.2, 0.25) is 0 Å². The van der Waals surface area contributed by atoms with Gasteiger partial charge in [0, 0.05) is 18.5 Å². The highest BCUT2D eigenvalue weighted by Crippen LogP contribution is 2.08. The molecule has 1 atom stereocenters. The molecule has 1 amide bonds. The van der Waals surface area contributed by atoms with E-state index in [0.717, 1.165) is 6.07 Å². The maximum atomic E-state index is 12.9. The smallest absolute Gasteiger partial charge is 0.303 e. The standard InChI is InChI=1S/C13H16FNO3/c1-2-9(6-12(16)17)8-15-13(18)10-4-3-5-11(14)7-10/h3-5,7,9H,2,6,8H2,1H3,(H,15,18)(H,16,17). The number of rotatable bonds is 6. The quantitative estimate of drug-likeness (QED) is 0.815. The molecule has 1 rings (SSSR count). The predicted molar refractivity (Wildman–Crippen MR) is 64.8 cm³/mol. The molecular weight excluding hydrogens is 237 g/mol. The number of nitrogens with one attached hydrogen (secondary N) is 1. The molecule has 0 spiro atoms. The first-order chi connectivity index (χ1) is 8.52. The van der Waals surface area contributed by atoms with Gasteiger partial charge in [-0.05, 0) is 24.1 Å². The Hall–Kier alpha value is -1.91. The number of hydrogen-bond acceptors (Lipinski definition) is 2. The van der Waals surface area contributed by atoms with Crippen LogP contribution < -0.4 is 5.32 Å². The molecule has 1 aromatic rings. The average Bonchev–Trinajstić information content (AvgIpc) is 2.33. The lowest BCUT2D eigenvalue weighted by atomic mass is 10.0. The molecule has 1 aromatic carbocycles. The highest BCUT2D eigenvalue weighted by molar-refractivity contribution is 5.94. The fourth-order valence-electron chi connectivity index (χ4n) is 1.58. The summed E-state index contributed by atoms with van der Waals surface area (Å²) in [6.07, 6.45) is 0.676. The number of carbonyl (C=O) groups excluding carboxylic acids is 1. The van der Waals surface area contributed by atoms with E-state index in [1.807, 2.05) is 6.92 Å². The summed E-state index contributed by atoms with van der Waals surface area (Å²) in [5.41, 5.74) is 0.236. The third kappa shape index (κ3) is 4.53. The van der Waals surface area contributed by atoms with Gasteiger partial charge in [0.1, 0.15) is 5.82 Å². The highest BCUT2D eigenvalue weighted by atomic mass is 19.1. The summed E-state index contributed by atoms with van der Waals surface area (Å²) < 4.78 is 12.9. The van der Waals surface area contributed by atoms with Crippen LogP contribution in [0.5, 0.6) is 0 Å². The van der Waals surface area contributed by atoms with Crippen molar-refractivity contribution in [3.8, 4) is 0 Å². The molecule has 0 aliphatic rings. The Kier molecular flexibility index (Phi) is 5.30. The van der Waals surface area contributed by atoms with E-state index in [0.29, 0.717) is 6.42 Å². The van der Waals surface area contributed by atoms with Gasteiger partial charge >= 0.3 is 5.97 Å². The maximum absolute atomic E-state index is 12.9. The lowest BCUT2D eigenvalue weighted by Crippen LogP contribution is -2.30. The second-order valence-corrected chi connectivity index (χ2v) is 4.09. The number of hydrogen-bond donors (Lipinski definition) is 2. The number of aliphatic carboxylic acids is 1. The van der Waals surface area contributed by atoms with Crippen LogP contribution in [0.1, 0.15) is 30.1 Å². The van der Waals surface area contributed by atoms with Crippen molar-refractivity contribution in [2.45, 2.75) is 19.8 Å². The molecule has 0 saturated heterocycles. The fraction of sp³-hybridized carbons (Fsp3) is 0.385. The Morgan fingerprint density at radius 2 is 2.17 bits per heavy atom. The second kappa shape index (κ2) is 6.74. The summed E-state index contributed by atoms with van der Waals surface area (Å²) in [5.74, 6) is -1.86. The summed E-state index contributed by atoms with van der Waals surface area (Å²) in [5, 5.41) is 11.3. The van der Waals surface area contributed by atoms with E-state index in [-0.39, 0.29) is 24.4 Å². The van der Waals surface area contributed by atoms with Crippen molar-refractivity contribution in [3.63, 3.8) is 0 Å². The van der Waals surface area contributed by atoms with Crippen LogP contribution in [-0.2, 0) is 4.79 Å². The Balaban J connectivity index is 2.52. The summed E-state index contributed by atoms with van der Waals surface area (Å²) >= 11 is 0. The van der Waals surface area contributed by atoms with Crippen LogP contribution >= 0.6 is 0 Å². The van der Waals surface area contributed by atoms with Crippen LogP contribution in [-0.4, -0.2) is 23.5 Å². The Morgan fingerprint density at radius 1 is 1.44 bits per heavy atom. The lowest BCUT2D eigenvalue weighted by molar-refractivity contribution is -0.138. The van der Waals surface area contributed by atoms with Crippen molar-refractivity contribution >= 4 is 11.9 Å². The normalized spacial score (nSPS) is 11.9. The molecule has 0 fully saturated rings. The molecule has 0 saturated carbocycles. The molecule has 1 unspecified atom stereocenters. The van der Waals surface area contributed by atoms with E-state index in [9.17, 15) is 14.0 Å². The largest absolute Gasteiger partial charge is 0.481 e. The number of carboxylic acid groups (broad SMARTS) is 1. The minimum atomic E-state index is -0.887. The summed E-state index contributed by atoms with van der Waals surface area (Å²) in [6.45, 7) is 2.14. The number of amides is 1. The van der Waals surface area contributed by atoms with Gasteiger partial charge in [-0.25, -0.2) is 4.39 Å².